The highest BCUT2D eigenvalue weighted by Gasteiger charge is 2.22. The summed E-state index contributed by atoms with van der Waals surface area (Å²) in [6.45, 7) is 0. The molecule has 0 spiro atoms. The largest absolute Gasteiger partial charge is 0.422 e. The molecule has 0 aliphatic rings. The van der Waals surface area contributed by atoms with Gasteiger partial charge in [-0.3, -0.25) is 4.57 Å². The first-order valence-corrected chi connectivity index (χ1v) is 13.9. The molecule has 0 N–H and O–H groups in total. The highest BCUT2D eigenvalue weighted by molar-refractivity contribution is 7.26. The van der Waals surface area contributed by atoms with Crippen molar-refractivity contribution in [3.05, 3.63) is 121 Å². The van der Waals surface area contributed by atoms with Gasteiger partial charge in [-0.15, -0.1) is 11.3 Å². The second kappa shape index (κ2) is 7.79. The number of thiophene rings is 1. The Morgan fingerprint density at radius 2 is 1.33 bits per heavy atom. The molecule has 4 heteroatoms. The zero-order chi connectivity index (χ0) is 25.5. The van der Waals surface area contributed by atoms with E-state index in [2.05, 4.69) is 126 Å². The van der Waals surface area contributed by atoms with Gasteiger partial charge < -0.3 is 4.42 Å². The van der Waals surface area contributed by atoms with Gasteiger partial charge in [0.2, 0.25) is 0 Å². The van der Waals surface area contributed by atoms with E-state index >= 15 is 0 Å². The highest BCUT2D eigenvalue weighted by Crippen LogP contribution is 2.45. The summed E-state index contributed by atoms with van der Waals surface area (Å²) >= 11 is 1.82. The Morgan fingerprint density at radius 1 is 0.615 bits per heavy atom. The maximum atomic E-state index is 6.77. The number of nitrogens with zero attached hydrogens (tertiary/aromatic N) is 2. The van der Waals surface area contributed by atoms with Crippen LogP contribution in [0.2, 0.25) is 0 Å². The van der Waals surface area contributed by atoms with Crippen molar-refractivity contribution in [1.82, 2.24) is 9.55 Å². The Morgan fingerprint density at radius 3 is 2.21 bits per heavy atom. The molecule has 0 radical (unpaired) electrons. The molecule has 0 aliphatic heterocycles. The summed E-state index contributed by atoms with van der Waals surface area (Å²) in [7, 11) is 0. The summed E-state index contributed by atoms with van der Waals surface area (Å²) in [6, 6.07) is 43.5. The van der Waals surface area contributed by atoms with Crippen LogP contribution in [0.4, 0.5) is 0 Å². The van der Waals surface area contributed by atoms with Crippen LogP contribution < -0.4 is 0 Å². The van der Waals surface area contributed by atoms with Gasteiger partial charge in [-0.1, -0.05) is 91.0 Å². The molecule has 9 aromatic rings. The highest BCUT2D eigenvalue weighted by atomic mass is 32.1. The molecular weight excluding hydrogens is 496 g/mol. The first-order valence-electron chi connectivity index (χ1n) is 13.1. The molecule has 3 heterocycles. The van der Waals surface area contributed by atoms with Gasteiger partial charge in [0.25, 0.3) is 0 Å². The Kier molecular flexibility index (Phi) is 4.21. The van der Waals surface area contributed by atoms with Gasteiger partial charge in [-0.25, -0.2) is 0 Å². The predicted molar refractivity (Wildman–Crippen MR) is 164 cm³/mol. The van der Waals surface area contributed by atoms with Gasteiger partial charge in [-0.2, -0.15) is 4.98 Å². The molecule has 9 rings (SSSR count). The number of para-hydroxylation sites is 1. The third kappa shape index (κ3) is 2.95. The number of rotatable bonds is 2. The minimum atomic E-state index is 0.591. The Labute approximate surface area is 227 Å². The standard InChI is InChI=1S/C35H20N2OS/c1-2-10-21(11-3-1)26-20-28-33(32-25-15-7-9-17-31(25)39-34(26)32)38-35(36-28)37-29-16-8-6-14-24(29)27-18-22-12-4-5-13-23(22)19-30(27)37/h1-20H. The monoisotopic (exact) mass is 516 g/mol. The van der Waals surface area contributed by atoms with Gasteiger partial charge in [-0.05, 0) is 46.7 Å². The van der Waals surface area contributed by atoms with Gasteiger partial charge in [0.05, 0.1) is 11.0 Å². The van der Waals surface area contributed by atoms with Crippen LogP contribution in [0, 0.1) is 0 Å². The van der Waals surface area contributed by atoms with Crippen LogP contribution in [-0.2, 0) is 0 Å². The minimum absolute atomic E-state index is 0.591. The molecule has 0 unspecified atom stereocenters. The SMILES string of the molecule is c1ccc(-c2cc3nc(-n4c5ccccc5c5cc6ccccc6cc54)oc3c3c2sc2ccccc23)cc1. The first kappa shape index (κ1) is 21.1. The van der Waals surface area contributed by atoms with E-state index in [0.717, 1.165) is 27.5 Å². The molecule has 6 aromatic carbocycles. The molecule has 39 heavy (non-hydrogen) atoms. The van der Waals surface area contributed by atoms with Crippen LogP contribution >= 0.6 is 11.3 Å². The van der Waals surface area contributed by atoms with Crippen molar-refractivity contribution in [1.29, 1.82) is 0 Å². The van der Waals surface area contributed by atoms with E-state index in [1.54, 1.807) is 0 Å². The van der Waals surface area contributed by atoms with Gasteiger partial charge in [0.1, 0.15) is 5.52 Å². The third-order valence-electron chi connectivity index (χ3n) is 7.81. The maximum Gasteiger partial charge on any atom is 0.307 e. The molecule has 0 saturated heterocycles. The molecule has 3 nitrogen and oxygen atoms in total. The average Bonchev–Trinajstić information content (AvgIpc) is 3.67. The smallest absolute Gasteiger partial charge is 0.307 e. The van der Waals surface area contributed by atoms with E-state index in [0.29, 0.717) is 6.01 Å². The fraction of sp³-hybridized carbons (Fsp3) is 0. The summed E-state index contributed by atoms with van der Waals surface area (Å²) in [5.41, 5.74) is 6.26. The molecule has 0 saturated carbocycles. The lowest BCUT2D eigenvalue weighted by atomic mass is 10.0. The van der Waals surface area contributed by atoms with E-state index in [1.165, 1.54) is 47.5 Å². The van der Waals surface area contributed by atoms with Crippen LogP contribution in [-0.4, -0.2) is 9.55 Å². The first-order chi connectivity index (χ1) is 19.3. The number of fused-ring (bicyclic) bond motifs is 9. The van der Waals surface area contributed by atoms with Crippen LogP contribution in [0.3, 0.4) is 0 Å². The van der Waals surface area contributed by atoms with Crippen LogP contribution in [0.5, 0.6) is 0 Å². The van der Waals surface area contributed by atoms with Crippen LogP contribution in [0.15, 0.2) is 126 Å². The fourth-order valence-electron chi connectivity index (χ4n) is 6.05. The number of benzene rings is 6. The zero-order valence-corrected chi connectivity index (χ0v) is 21.6. The number of oxazole rings is 1. The lowest BCUT2D eigenvalue weighted by Crippen LogP contribution is -1.93. The lowest BCUT2D eigenvalue weighted by Gasteiger charge is -2.04. The summed E-state index contributed by atoms with van der Waals surface area (Å²) < 4.78 is 11.4. The normalized spacial score (nSPS) is 12.1. The Hall–Kier alpha value is -4.93. The summed E-state index contributed by atoms with van der Waals surface area (Å²) in [6.07, 6.45) is 0. The van der Waals surface area contributed by atoms with Crippen molar-refractivity contribution >= 4 is 75.2 Å². The molecule has 0 atom stereocenters. The minimum Gasteiger partial charge on any atom is -0.422 e. The van der Waals surface area contributed by atoms with Gasteiger partial charge in [0.15, 0.2) is 5.58 Å². The molecular formula is C35H20N2OS. The van der Waals surface area contributed by atoms with Crippen molar-refractivity contribution in [2.24, 2.45) is 0 Å². The van der Waals surface area contributed by atoms with E-state index in [4.69, 9.17) is 9.40 Å². The Balaban J connectivity index is 1.43. The van der Waals surface area contributed by atoms with E-state index in [-0.39, 0.29) is 0 Å². The zero-order valence-electron chi connectivity index (χ0n) is 20.8. The van der Waals surface area contributed by atoms with E-state index < -0.39 is 0 Å². The van der Waals surface area contributed by atoms with Crippen molar-refractivity contribution in [3.63, 3.8) is 0 Å². The van der Waals surface area contributed by atoms with Gasteiger partial charge >= 0.3 is 6.01 Å². The Bertz CT molecular complexity index is 2390. The molecule has 3 aromatic heterocycles. The quantitative estimate of drug-likeness (QED) is 0.229. The van der Waals surface area contributed by atoms with Crippen molar-refractivity contribution < 1.29 is 4.42 Å². The number of hydrogen-bond acceptors (Lipinski definition) is 3. The summed E-state index contributed by atoms with van der Waals surface area (Å²) in [5, 5.41) is 7.15. The van der Waals surface area contributed by atoms with E-state index in [9.17, 15) is 0 Å². The van der Waals surface area contributed by atoms with Crippen molar-refractivity contribution in [2.75, 3.05) is 0 Å². The number of aromatic nitrogens is 2. The second-order valence-corrected chi connectivity index (χ2v) is 11.1. The van der Waals surface area contributed by atoms with Crippen molar-refractivity contribution in [2.45, 2.75) is 0 Å². The summed E-state index contributed by atoms with van der Waals surface area (Å²) in [4.78, 5) is 5.16. The van der Waals surface area contributed by atoms with E-state index in [1.807, 2.05) is 11.3 Å². The molecule has 0 aliphatic carbocycles. The molecule has 0 amide bonds. The van der Waals surface area contributed by atoms with Crippen molar-refractivity contribution in [3.8, 4) is 17.1 Å². The summed E-state index contributed by atoms with van der Waals surface area (Å²) in [5.74, 6) is 0. The number of hydrogen-bond donors (Lipinski definition) is 0. The van der Waals surface area contributed by atoms with Crippen LogP contribution in [0.25, 0.3) is 81.0 Å². The molecule has 182 valence electrons. The average molecular weight is 517 g/mol. The molecule has 0 bridgehead atoms. The van der Waals surface area contributed by atoms with Gasteiger partial charge in [0, 0.05) is 36.5 Å². The molecule has 0 fully saturated rings. The second-order valence-electron chi connectivity index (χ2n) is 10.0. The van der Waals surface area contributed by atoms with Crippen LogP contribution in [0.1, 0.15) is 0 Å². The maximum absolute atomic E-state index is 6.77. The topological polar surface area (TPSA) is 31.0 Å². The lowest BCUT2D eigenvalue weighted by molar-refractivity contribution is 0.577. The third-order valence-corrected chi connectivity index (χ3v) is 9.01. The fourth-order valence-corrected chi connectivity index (χ4v) is 7.29. The predicted octanol–water partition coefficient (Wildman–Crippen LogP) is 10.1.